The summed E-state index contributed by atoms with van der Waals surface area (Å²) in [6.45, 7) is 8.30. The van der Waals surface area contributed by atoms with Gasteiger partial charge in [-0.3, -0.25) is 0 Å². The molecule has 0 unspecified atom stereocenters. The van der Waals surface area contributed by atoms with Crippen molar-refractivity contribution in [2.45, 2.75) is 27.7 Å². The van der Waals surface area contributed by atoms with Crippen LogP contribution in [0, 0.1) is 27.7 Å². The fraction of sp³-hybridized carbons (Fsp3) is 0.267. The average Bonchev–Trinajstić information content (AvgIpc) is 2.28. The Kier molecular flexibility index (Phi) is 3.24. The standard InChI is InChI=1S/C15H19N3/c1-9-5-11(3)15(12(4)6-9)18-14-7-10(2)13(16)8-17-14/h5-8H,16H2,1-4H3,(H,17,18). The molecule has 94 valence electrons. The lowest BCUT2D eigenvalue weighted by Gasteiger charge is -2.14. The van der Waals surface area contributed by atoms with Crippen LogP contribution in [0.1, 0.15) is 22.3 Å². The number of aromatic nitrogens is 1. The van der Waals surface area contributed by atoms with Gasteiger partial charge in [0.1, 0.15) is 5.82 Å². The van der Waals surface area contributed by atoms with Crippen LogP contribution in [0.4, 0.5) is 17.2 Å². The predicted octanol–water partition coefficient (Wildman–Crippen LogP) is 3.64. The minimum atomic E-state index is 0.720. The minimum absolute atomic E-state index is 0.720. The van der Waals surface area contributed by atoms with Crippen molar-refractivity contribution in [1.82, 2.24) is 4.98 Å². The number of rotatable bonds is 2. The molecule has 1 aromatic heterocycles. The second-order valence-electron chi connectivity index (χ2n) is 4.82. The van der Waals surface area contributed by atoms with E-state index >= 15 is 0 Å². The minimum Gasteiger partial charge on any atom is -0.397 e. The Morgan fingerprint density at radius 1 is 0.944 bits per heavy atom. The van der Waals surface area contributed by atoms with E-state index in [0.717, 1.165) is 22.8 Å². The highest BCUT2D eigenvalue weighted by molar-refractivity contribution is 5.66. The van der Waals surface area contributed by atoms with E-state index in [-0.39, 0.29) is 0 Å². The lowest BCUT2D eigenvalue weighted by molar-refractivity contribution is 1.25. The molecule has 3 N–H and O–H groups in total. The number of pyridine rings is 1. The van der Waals surface area contributed by atoms with Crippen molar-refractivity contribution in [3.63, 3.8) is 0 Å². The number of anilines is 3. The van der Waals surface area contributed by atoms with Crippen LogP contribution in [0.2, 0.25) is 0 Å². The van der Waals surface area contributed by atoms with Gasteiger partial charge in [-0.15, -0.1) is 0 Å². The van der Waals surface area contributed by atoms with Gasteiger partial charge in [-0.2, -0.15) is 0 Å². The lowest BCUT2D eigenvalue weighted by Crippen LogP contribution is -2.00. The number of benzene rings is 1. The van der Waals surface area contributed by atoms with E-state index in [1.807, 2.05) is 13.0 Å². The van der Waals surface area contributed by atoms with Gasteiger partial charge < -0.3 is 11.1 Å². The zero-order valence-electron chi connectivity index (χ0n) is 11.3. The SMILES string of the molecule is Cc1cc(C)c(Nc2cc(C)c(N)cn2)c(C)c1. The maximum absolute atomic E-state index is 5.77. The maximum atomic E-state index is 5.77. The normalized spacial score (nSPS) is 10.4. The Balaban J connectivity index is 2.37. The molecule has 2 rings (SSSR count). The number of nitrogens with zero attached hydrogens (tertiary/aromatic N) is 1. The molecule has 0 fully saturated rings. The molecule has 3 nitrogen and oxygen atoms in total. The van der Waals surface area contributed by atoms with Crippen molar-refractivity contribution in [2.24, 2.45) is 0 Å². The number of nitrogens with two attached hydrogens (primary N) is 1. The number of nitrogens with one attached hydrogen (secondary N) is 1. The van der Waals surface area contributed by atoms with Gasteiger partial charge in [0.2, 0.25) is 0 Å². The molecule has 0 saturated heterocycles. The van der Waals surface area contributed by atoms with Gasteiger partial charge in [-0.25, -0.2) is 4.98 Å². The number of hydrogen-bond acceptors (Lipinski definition) is 3. The molecule has 1 heterocycles. The van der Waals surface area contributed by atoms with E-state index in [4.69, 9.17) is 5.73 Å². The molecule has 0 spiro atoms. The van der Waals surface area contributed by atoms with E-state index in [0.29, 0.717) is 0 Å². The molecule has 0 aliphatic carbocycles. The Bertz CT molecular complexity index is 565. The first kappa shape index (κ1) is 12.4. The van der Waals surface area contributed by atoms with Crippen molar-refractivity contribution in [3.8, 4) is 0 Å². The molecular formula is C15H19N3. The van der Waals surface area contributed by atoms with E-state index in [9.17, 15) is 0 Å². The van der Waals surface area contributed by atoms with Gasteiger partial charge in [0.05, 0.1) is 11.9 Å². The molecule has 0 aliphatic rings. The summed E-state index contributed by atoms with van der Waals surface area (Å²) in [5.74, 6) is 0.830. The average molecular weight is 241 g/mol. The lowest BCUT2D eigenvalue weighted by atomic mass is 10.1. The molecule has 3 heteroatoms. The van der Waals surface area contributed by atoms with Crippen LogP contribution in [0.15, 0.2) is 24.4 Å². The first-order valence-corrected chi connectivity index (χ1v) is 6.04. The molecular weight excluding hydrogens is 222 g/mol. The monoisotopic (exact) mass is 241 g/mol. The quantitative estimate of drug-likeness (QED) is 0.844. The molecule has 18 heavy (non-hydrogen) atoms. The predicted molar refractivity (Wildman–Crippen MR) is 77.3 cm³/mol. The summed E-state index contributed by atoms with van der Waals surface area (Å²) >= 11 is 0. The molecule has 0 atom stereocenters. The van der Waals surface area contributed by atoms with Crippen LogP contribution < -0.4 is 11.1 Å². The zero-order valence-corrected chi connectivity index (χ0v) is 11.3. The highest BCUT2D eigenvalue weighted by atomic mass is 15.0. The maximum Gasteiger partial charge on any atom is 0.130 e. The van der Waals surface area contributed by atoms with Crippen molar-refractivity contribution in [1.29, 1.82) is 0 Å². The summed E-state index contributed by atoms with van der Waals surface area (Å²) in [4.78, 5) is 4.30. The second-order valence-corrected chi connectivity index (χ2v) is 4.82. The van der Waals surface area contributed by atoms with Crippen molar-refractivity contribution in [3.05, 3.63) is 46.6 Å². The number of aryl methyl sites for hydroxylation is 4. The van der Waals surface area contributed by atoms with E-state index in [1.54, 1.807) is 6.20 Å². The Morgan fingerprint density at radius 3 is 2.11 bits per heavy atom. The third-order valence-electron chi connectivity index (χ3n) is 3.08. The van der Waals surface area contributed by atoms with Gasteiger partial charge in [0.15, 0.2) is 0 Å². The largest absolute Gasteiger partial charge is 0.397 e. The molecule has 0 bridgehead atoms. The second kappa shape index (κ2) is 4.69. The molecule has 0 saturated carbocycles. The molecule has 0 aliphatic heterocycles. The summed E-state index contributed by atoms with van der Waals surface area (Å²) in [6, 6.07) is 6.30. The van der Waals surface area contributed by atoms with Crippen molar-refractivity contribution >= 4 is 17.2 Å². The van der Waals surface area contributed by atoms with E-state index in [1.165, 1.54) is 16.7 Å². The summed E-state index contributed by atoms with van der Waals surface area (Å²) in [5, 5.41) is 3.37. The van der Waals surface area contributed by atoms with Crippen LogP contribution in [0.3, 0.4) is 0 Å². The fourth-order valence-electron chi connectivity index (χ4n) is 2.14. The van der Waals surface area contributed by atoms with Crippen molar-refractivity contribution < 1.29 is 0 Å². The molecule has 2 aromatic rings. The Morgan fingerprint density at radius 2 is 1.56 bits per heavy atom. The smallest absolute Gasteiger partial charge is 0.130 e. The Labute approximate surface area is 108 Å². The van der Waals surface area contributed by atoms with Gasteiger partial charge in [-0.05, 0) is 50.5 Å². The first-order chi connectivity index (χ1) is 8.47. The van der Waals surface area contributed by atoms with Gasteiger partial charge in [-0.1, -0.05) is 17.7 Å². The van der Waals surface area contributed by atoms with E-state index in [2.05, 4.69) is 43.2 Å². The van der Waals surface area contributed by atoms with Gasteiger partial charge in [0.25, 0.3) is 0 Å². The number of nitrogen functional groups attached to an aromatic ring is 1. The summed E-state index contributed by atoms with van der Waals surface area (Å²) in [6.07, 6.45) is 1.69. The van der Waals surface area contributed by atoms with Crippen LogP contribution in [0.25, 0.3) is 0 Å². The van der Waals surface area contributed by atoms with Crippen molar-refractivity contribution in [2.75, 3.05) is 11.1 Å². The molecule has 0 radical (unpaired) electrons. The molecule has 0 amide bonds. The van der Waals surface area contributed by atoms with E-state index < -0.39 is 0 Å². The third kappa shape index (κ3) is 2.45. The van der Waals surface area contributed by atoms with Crippen LogP contribution in [0.5, 0.6) is 0 Å². The van der Waals surface area contributed by atoms with Crippen LogP contribution in [-0.2, 0) is 0 Å². The molecule has 1 aromatic carbocycles. The third-order valence-corrected chi connectivity index (χ3v) is 3.08. The highest BCUT2D eigenvalue weighted by Crippen LogP contribution is 2.25. The zero-order chi connectivity index (χ0) is 13.3. The van der Waals surface area contributed by atoms with Gasteiger partial charge >= 0.3 is 0 Å². The summed E-state index contributed by atoms with van der Waals surface area (Å²) < 4.78 is 0. The summed E-state index contributed by atoms with van der Waals surface area (Å²) in [7, 11) is 0. The summed E-state index contributed by atoms with van der Waals surface area (Å²) in [5.41, 5.74) is 12.4. The first-order valence-electron chi connectivity index (χ1n) is 6.04. The van der Waals surface area contributed by atoms with Gasteiger partial charge in [0, 0.05) is 5.69 Å². The highest BCUT2D eigenvalue weighted by Gasteiger charge is 2.05. The fourth-order valence-corrected chi connectivity index (χ4v) is 2.14. The topological polar surface area (TPSA) is 50.9 Å². The number of hydrogen-bond donors (Lipinski definition) is 2. The Hall–Kier alpha value is -2.03. The van der Waals surface area contributed by atoms with Crippen LogP contribution >= 0.6 is 0 Å². The van der Waals surface area contributed by atoms with Crippen LogP contribution in [-0.4, -0.2) is 4.98 Å².